The predicted octanol–water partition coefficient (Wildman–Crippen LogP) is 1.19. The van der Waals surface area contributed by atoms with Crippen LogP contribution in [-0.2, 0) is 6.54 Å². The summed E-state index contributed by atoms with van der Waals surface area (Å²) < 4.78 is 1.40. The molecular weight excluding hydrogens is 228 g/mol. The summed E-state index contributed by atoms with van der Waals surface area (Å²) in [7, 11) is 0. The van der Waals surface area contributed by atoms with Gasteiger partial charge in [-0.25, -0.2) is 4.68 Å². The minimum absolute atomic E-state index is 0.138. The van der Waals surface area contributed by atoms with Gasteiger partial charge in [-0.05, 0) is 38.0 Å². The van der Waals surface area contributed by atoms with E-state index in [1.165, 1.54) is 10.7 Å². The number of hydrogen-bond acceptors (Lipinski definition) is 4. The molecule has 18 heavy (non-hydrogen) atoms. The van der Waals surface area contributed by atoms with Crippen molar-refractivity contribution < 1.29 is 0 Å². The van der Waals surface area contributed by atoms with E-state index in [1.807, 2.05) is 20.8 Å². The van der Waals surface area contributed by atoms with Crippen molar-refractivity contribution in [2.24, 2.45) is 0 Å². The van der Waals surface area contributed by atoms with Crippen LogP contribution >= 0.6 is 0 Å². The Morgan fingerprint density at radius 1 is 1.28 bits per heavy atom. The summed E-state index contributed by atoms with van der Waals surface area (Å²) in [5, 5.41) is 4.18. The number of nitrogen functional groups attached to an aromatic ring is 1. The number of rotatable bonds is 2. The summed E-state index contributed by atoms with van der Waals surface area (Å²) in [6, 6.07) is 3.21. The van der Waals surface area contributed by atoms with Crippen LogP contribution in [0.1, 0.15) is 22.5 Å². The van der Waals surface area contributed by atoms with E-state index >= 15 is 0 Å². The fourth-order valence-corrected chi connectivity index (χ4v) is 1.76. The Labute approximate surface area is 105 Å². The number of aryl methyl sites for hydroxylation is 2. The number of nitrogens with two attached hydrogens (primary N) is 1. The second-order valence-corrected chi connectivity index (χ2v) is 4.40. The minimum atomic E-state index is -0.138. The standard InChI is InChI=1S/C13H16N4O/c1-8-6-15-11(10(3)13(8)14)7-17-12(18)5-4-9(2)16-17/h4-6H,7H2,1-3H3,(H2,14,15). The summed E-state index contributed by atoms with van der Waals surface area (Å²) in [6.45, 7) is 6.01. The van der Waals surface area contributed by atoms with Crippen molar-refractivity contribution in [1.82, 2.24) is 14.8 Å². The Morgan fingerprint density at radius 2 is 2.00 bits per heavy atom. The highest BCUT2D eigenvalue weighted by molar-refractivity contribution is 5.53. The number of hydrogen-bond donors (Lipinski definition) is 1. The molecule has 0 aliphatic rings. The zero-order valence-electron chi connectivity index (χ0n) is 10.8. The monoisotopic (exact) mass is 244 g/mol. The van der Waals surface area contributed by atoms with Gasteiger partial charge in [0.25, 0.3) is 5.56 Å². The molecule has 0 aliphatic heterocycles. The van der Waals surface area contributed by atoms with Crippen LogP contribution in [0.2, 0.25) is 0 Å². The molecule has 0 spiro atoms. The van der Waals surface area contributed by atoms with E-state index in [2.05, 4.69) is 10.1 Å². The van der Waals surface area contributed by atoms with Crippen LogP contribution in [0.4, 0.5) is 5.69 Å². The Kier molecular flexibility index (Phi) is 3.14. The molecule has 0 atom stereocenters. The van der Waals surface area contributed by atoms with Gasteiger partial charge in [0.05, 0.1) is 17.9 Å². The van der Waals surface area contributed by atoms with Gasteiger partial charge in [0, 0.05) is 18.0 Å². The summed E-state index contributed by atoms with van der Waals surface area (Å²) in [4.78, 5) is 16.0. The number of pyridine rings is 1. The SMILES string of the molecule is Cc1ccc(=O)n(Cc2ncc(C)c(N)c2C)n1. The van der Waals surface area contributed by atoms with Crippen LogP contribution in [0, 0.1) is 20.8 Å². The molecule has 2 N–H and O–H groups in total. The predicted molar refractivity (Wildman–Crippen MR) is 70.5 cm³/mol. The Hall–Kier alpha value is -2.17. The Bertz CT molecular complexity index is 646. The molecule has 0 aromatic carbocycles. The van der Waals surface area contributed by atoms with E-state index in [9.17, 15) is 4.79 Å². The van der Waals surface area contributed by atoms with Gasteiger partial charge in [0.15, 0.2) is 0 Å². The van der Waals surface area contributed by atoms with Crippen LogP contribution in [0.5, 0.6) is 0 Å². The van der Waals surface area contributed by atoms with Crippen LogP contribution in [0.15, 0.2) is 23.1 Å². The molecule has 0 bridgehead atoms. The maximum atomic E-state index is 11.7. The normalized spacial score (nSPS) is 10.6. The van der Waals surface area contributed by atoms with Gasteiger partial charge in [0.2, 0.25) is 0 Å². The molecule has 2 aromatic rings. The molecule has 2 rings (SSSR count). The average Bonchev–Trinajstić information content (AvgIpc) is 2.34. The molecule has 0 amide bonds. The molecule has 5 nitrogen and oxygen atoms in total. The smallest absolute Gasteiger partial charge is 0.267 e. The Morgan fingerprint density at radius 3 is 2.72 bits per heavy atom. The van der Waals surface area contributed by atoms with E-state index in [0.29, 0.717) is 6.54 Å². The van der Waals surface area contributed by atoms with Gasteiger partial charge in [-0.2, -0.15) is 5.10 Å². The molecule has 0 saturated carbocycles. The number of anilines is 1. The first-order chi connectivity index (χ1) is 8.49. The van der Waals surface area contributed by atoms with Crippen LogP contribution in [-0.4, -0.2) is 14.8 Å². The lowest BCUT2D eigenvalue weighted by Gasteiger charge is -2.10. The van der Waals surface area contributed by atoms with Gasteiger partial charge in [-0.15, -0.1) is 0 Å². The summed E-state index contributed by atoms with van der Waals surface area (Å²) in [5.74, 6) is 0. The molecule has 2 aromatic heterocycles. The van der Waals surface area contributed by atoms with Gasteiger partial charge in [0.1, 0.15) is 0 Å². The minimum Gasteiger partial charge on any atom is -0.398 e. The van der Waals surface area contributed by atoms with Gasteiger partial charge < -0.3 is 5.73 Å². The second-order valence-electron chi connectivity index (χ2n) is 4.40. The van der Waals surface area contributed by atoms with Crippen molar-refractivity contribution in [3.8, 4) is 0 Å². The molecule has 0 aliphatic carbocycles. The number of aromatic nitrogens is 3. The van der Waals surface area contributed by atoms with Crippen molar-refractivity contribution in [3.63, 3.8) is 0 Å². The third kappa shape index (κ3) is 2.25. The number of nitrogens with zero attached hydrogens (tertiary/aromatic N) is 3. The summed E-state index contributed by atoms with van der Waals surface area (Å²) in [6.07, 6.45) is 1.72. The van der Waals surface area contributed by atoms with Crippen molar-refractivity contribution >= 4 is 5.69 Å². The van der Waals surface area contributed by atoms with Crippen LogP contribution in [0.25, 0.3) is 0 Å². The molecule has 0 unspecified atom stereocenters. The van der Waals surface area contributed by atoms with Gasteiger partial charge in [-0.1, -0.05) is 0 Å². The highest BCUT2D eigenvalue weighted by Crippen LogP contribution is 2.18. The van der Waals surface area contributed by atoms with E-state index in [1.54, 1.807) is 12.3 Å². The maximum absolute atomic E-state index is 11.7. The largest absolute Gasteiger partial charge is 0.398 e. The van der Waals surface area contributed by atoms with Crippen molar-refractivity contribution in [2.45, 2.75) is 27.3 Å². The summed E-state index contributed by atoms with van der Waals surface area (Å²) in [5.41, 5.74) is 9.97. The fraction of sp³-hybridized carbons (Fsp3) is 0.308. The molecule has 0 saturated heterocycles. The lowest BCUT2D eigenvalue weighted by atomic mass is 10.1. The van der Waals surface area contributed by atoms with Crippen molar-refractivity contribution in [2.75, 3.05) is 5.73 Å². The first-order valence-electron chi connectivity index (χ1n) is 5.74. The lowest BCUT2D eigenvalue weighted by molar-refractivity contribution is 0.615. The second kappa shape index (κ2) is 4.60. The molecule has 0 fully saturated rings. The summed E-state index contributed by atoms with van der Waals surface area (Å²) >= 11 is 0. The molecule has 2 heterocycles. The first kappa shape index (κ1) is 12.3. The fourth-order valence-electron chi connectivity index (χ4n) is 1.76. The lowest BCUT2D eigenvalue weighted by Crippen LogP contribution is -2.24. The van der Waals surface area contributed by atoms with Crippen LogP contribution < -0.4 is 11.3 Å². The third-order valence-corrected chi connectivity index (χ3v) is 2.98. The maximum Gasteiger partial charge on any atom is 0.267 e. The zero-order chi connectivity index (χ0) is 13.3. The molecule has 5 heteroatoms. The van der Waals surface area contributed by atoms with Crippen molar-refractivity contribution in [1.29, 1.82) is 0 Å². The quantitative estimate of drug-likeness (QED) is 0.861. The van der Waals surface area contributed by atoms with Crippen LogP contribution in [0.3, 0.4) is 0 Å². The third-order valence-electron chi connectivity index (χ3n) is 2.98. The molecule has 0 radical (unpaired) electrons. The van der Waals surface area contributed by atoms with E-state index in [-0.39, 0.29) is 5.56 Å². The first-order valence-corrected chi connectivity index (χ1v) is 5.74. The zero-order valence-corrected chi connectivity index (χ0v) is 10.8. The average molecular weight is 244 g/mol. The van der Waals surface area contributed by atoms with E-state index in [0.717, 1.165) is 28.2 Å². The van der Waals surface area contributed by atoms with Gasteiger partial charge in [-0.3, -0.25) is 9.78 Å². The van der Waals surface area contributed by atoms with E-state index < -0.39 is 0 Å². The van der Waals surface area contributed by atoms with Gasteiger partial charge >= 0.3 is 0 Å². The highest BCUT2D eigenvalue weighted by Gasteiger charge is 2.08. The molecule has 94 valence electrons. The highest BCUT2D eigenvalue weighted by atomic mass is 16.1. The Balaban J connectivity index is 2.43. The van der Waals surface area contributed by atoms with E-state index in [4.69, 9.17) is 5.73 Å². The van der Waals surface area contributed by atoms with Crippen molar-refractivity contribution in [3.05, 3.63) is 51.2 Å². The molecular formula is C13H16N4O. The topological polar surface area (TPSA) is 73.8 Å².